The van der Waals surface area contributed by atoms with Gasteiger partial charge >= 0.3 is 0 Å². The van der Waals surface area contributed by atoms with Crippen molar-refractivity contribution in [2.24, 2.45) is 5.92 Å². The van der Waals surface area contributed by atoms with E-state index in [1.807, 2.05) is 12.1 Å². The predicted octanol–water partition coefficient (Wildman–Crippen LogP) is 2.07. The molecule has 1 aliphatic rings. The summed E-state index contributed by atoms with van der Waals surface area (Å²) in [6, 6.07) is 6.00. The normalized spacial score (nSPS) is 22.3. The summed E-state index contributed by atoms with van der Waals surface area (Å²) in [7, 11) is 1.66. The van der Waals surface area contributed by atoms with Crippen LogP contribution in [0.5, 0.6) is 5.75 Å². The average molecular weight is 249 g/mol. The van der Waals surface area contributed by atoms with Gasteiger partial charge in [0.2, 0.25) is 0 Å². The molecule has 1 aromatic rings. The molecule has 3 heteroatoms. The minimum atomic E-state index is -0.737. The Morgan fingerprint density at radius 1 is 1.44 bits per heavy atom. The van der Waals surface area contributed by atoms with Gasteiger partial charge < -0.3 is 15.2 Å². The molecule has 1 aliphatic carbocycles. The van der Waals surface area contributed by atoms with Crippen LogP contribution in [-0.4, -0.2) is 25.3 Å². The zero-order chi connectivity index (χ0) is 13.2. The number of fused-ring (bicyclic) bond motifs is 1. The summed E-state index contributed by atoms with van der Waals surface area (Å²) >= 11 is 0. The number of benzene rings is 1. The summed E-state index contributed by atoms with van der Waals surface area (Å²) in [6.07, 6.45) is 1.74. The van der Waals surface area contributed by atoms with Crippen LogP contribution in [0.1, 0.15) is 31.4 Å². The Hall–Kier alpha value is -1.06. The van der Waals surface area contributed by atoms with Crippen LogP contribution in [0.2, 0.25) is 0 Å². The van der Waals surface area contributed by atoms with Crippen molar-refractivity contribution < 1.29 is 9.84 Å². The quantitative estimate of drug-likeness (QED) is 0.839. The molecule has 1 aromatic carbocycles. The number of aryl methyl sites for hydroxylation is 1. The topological polar surface area (TPSA) is 41.5 Å². The Labute approximate surface area is 109 Å². The molecule has 3 nitrogen and oxygen atoms in total. The van der Waals surface area contributed by atoms with Gasteiger partial charge in [0.15, 0.2) is 0 Å². The first-order chi connectivity index (χ1) is 8.55. The molecule has 0 bridgehead atoms. The molecular weight excluding hydrogens is 226 g/mol. The molecular formula is C15H23NO2. The molecule has 0 fully saturated rings. The van der Waals surface area contributed by atoms with Crippen LogP contribution in [0.4, 0.5) is 0 Å². The molecule has 0 radical (unpaired) electrons. The third-order valence-electron chi connectivity index (χ3n) is 3.60. The molecule has 0 spiro atoms. The molecule has 1 atom stereocenters. The fraction of sp³-hybridized carbons (Fsp3) is 0.600. The minimum absolute atomic E-state index is 0.597. The van der Waals surface area contributed by atoms with Gasteiger partial charge in [-0.15, -0.1) is 0 Å². The summed E-state index contributed by atoms with van der Waals surface area (Å²) in [5, 5.41) is 14.1. The molecule has 0 heterocycles. The van der Waals surface area contributed by atoms with Gasteiger partial charge in [-0.05, 0) is 48.6 Å². The lowest BCUT2D eigenvalue weighted by atomic mass is 9.95. The van der Waals surface area contributed by atoms with E-state index in [-0.39, 0.29) is 0 Å². The summed E-state index contributed by atoms with van der Waals surface area (Å²) in [6.45, 7) is 5.89. The highest BCUT2D eigenvalue weighted by molar-refractivity contribution is 5.43. The highest BCUT2D eigenvalue weighted by Crippen LogP contribution is 2.38. The second-order valence-corrected chi connectivity index (χ2v) is 5.58. The van der Waals surface area contributed by atoms with Gasteiger partial charge in [-0.1, -0.05) is 19.9 Å². The van der Waals surface area contributed by atoms with E-state index in [9.17, 15) is 5.11 Å². The monoisotopic (exact) mass is 249 g/mol. The summed E-state index contributed by atoms with van der Waals surface area (Å²) in [4.78, 5) is 0. The molecule has 0 saturated heterocycles. The van der Waals surface area contributed by atoms with Gasteiger partial charge in [0.05, 0.1) is 7.11 Å². The van der Waals surface area contributed by atoms with Crippen molar-refractivity contribution in [3.63, 3.8) is 0 Å². The fourth-order valence-electron chi connectivity index (χ4n) is 2.56. The van der Waals surface area contributed by atoms with E-state index in [2.05, 4.69) is 25.2 Å². The first-order valence-corrected chi connectivity index (χ1v) is 6.65. The molecule has 2 N–H and O–H groups in total. The Morgan fingerprint density at radius 3 is 2.89 bits per heavy atom. The number of hydrogen-bond acceptors (Lipinski definition) is 3. The zero-order valence-corrected chi connectivity index (χ0v) is 11.5. The van der Waals surface area contributed by atoms with Crippen LogP contribution < -0.4 is 10.1 Å². The van der Waals surface area contributed by atoms with Crippen molar-refractivity contribution in [2.45, 2.75) is 32.3 Å². The lowest BCUT2D eigenvalue weighted by Gasteiger charge is -2.25. The zero-order valence-electron chi connectivity index (χ0n) is 11.5. The summed E-state index contributed by atoms with van der Waals surface area (Å²) < 4.78 is 5.24. The van der Waals surface area contributed by atoms with Gasteiger partial charge in [0, 0.05) is 6.54 Å². The molecule has 1 unspecified atom stereocenters. The standard InChI is InChI=1S/C15H23NO2/c1-11(2)9-16-10-15(17)7-6-12-4-5-13(18-3)8-14(12)15/h4-5,8,11,16-17H,6-7,9-10H2,1-3H3. The second kappa shape index (κ2) is 5.29. The Balaban J connectivity index is 2.12. The van der Waals surface area contributed by atoms with Gasteiger partial charge in [0.1, 0.15) is 11.4 Å². The lowest BCUT2D eigenvalue weighted by molar-refractivity contribution is 0.0381. The van der Waals surface area contributed by atoms with E-state index >= 15 is 0 Å². The molecule has 0 aromatic heterocycles. The smallest absolute Gasteiger partial charge is 0.119 e. The van der Waals surface area contributed by atoms with Crippen molar-refractivity contribution >= 4 is 0 Å². The van der Waals surface area contributed by atoms with E-state index in [0.717, 1.165) is 30.7 Å². The second-order valence-electron chi connectivity index (χ2n) is 5.58. The molecule has 100 valence electrons. The fourth-order valence-corrected chi connectivity index (χ4v) is 2.56. The highest BCUT2D eigenvalue weighted by Gasteiger charge is 2.36. The number of aliphatic hydroxyl groups is 1. The van der Waals surface area contributed by atoms with Crippen LogP contribution in [0.3, 0.4) is 0 Å². The maximum atomic E-state index is 10.8. The molecule has 2 rings (SSSR count). The van der Waals surface area contributed by atoms with Gasteiger partial charge in [-0.25, -0.2) is 0 Å². The Kier molecular flexibility index (Phi) is 3.93. The van der Waals surface area contributed by atoms with Crippen LogP contribution >= 0.6 is 0 Å². The number of rotatable bonds is 5. The number of methoxy groups -OCH3 is 1. The molecule has 18 heavy (non-hydrogen) atoms. The van der Waals surface area contributed by atoms with Crippen molar-refractivity contribution in [1.82, 2.24) is 5.32 Å². The summed E-state index contributed by atoms with van der Waals surface area (Å²) in [5.74, 6) is 1.41. The summed E-state index contributed by atoms with van der Waals surface area (Å²) in [5.41, 5.74) is 1.53. The maximum Gasteiger partial charge on any atom is 0.119 e. The van der Waals surface area contributed by atoms with Crippen molar-refractivity contribution in [1.29, 1.82) is 0 Å². The van der Waals surface area contributed by atoms with Gasteiger partial charge in [-0.3, -0.25) is 0 Å². The molecule has 0 amide bonds. The SMILES string of the molecule is COc1ccc2c(c1)C(O)(CNCC(C)C)CC2. The van der Waals surface area contributed by atoms with Crippen molar-refractivity contribution in [3.05, 3.63) is 29.3 Å². The van der Waals surface area contributed by atoms with Crippen LogP contribution in [0, 0.1) is 5.92 Å². The predicted molar refractivity (Wildman–Crippen MR) is 72.9 cm³/mol. The first kappa shape index (κ1) is 13.4. The van der Waals surface area contributed by atoms with Crippen LogP contribution in [0.25, 0.3) is 0 Å². The third kappa shape index (κ3) is 2.68. The van der Waals surface area contributed by atoms with Gasteiger partial charge in [-0.2, -0.15) is 0 Å². The average Bonchev–Trinajstić information content (AvgIpc) is 2.66. The number of ether oxygens (including phenoxy) is 1. The van der Waals surface area contributed by atoms with E-state index in [4.69, 9.17) is 4.74 Å². The number of nitrogens with one attached hydrogen (secondary N) is 1. The minimum Gasteiger partial charge on any atom is -0.497 e. The van der Waals surface area contributed by atoms with E-state index in [1.165, 1.54) is 5.56 Å². The van der Waals surface area contributed by atoms with Gasteiger partial charge in [0.25, 0.3) is 0 Å². The van der Waals surface area contributed by atoms with E-state index in [1.54, 1.807) is 7.11 Å². The third-order valence-corrected chi connectivity index (χ3v) is 3.60. The maximum absolute atomic E-state index is 10.8. The van der Waals surface area contributed by atoms with Crippen LogP contribution in [0.15, 0.2) is 18.2 Å². The Morgan fingerprint density at radius 2 is 2.22 bits per heavy atom. The number of hydrogen-bond donors (Lipinski definition) is 2. The van der Waals surface area contributed by atoms with E-state index in [0.29, 0.717) is 12.5 Å². The molecule has 0 saturated carbocycles. The molecule has 0 aliphatic heterocycles. The van der Waals surface area contributed by atoms with Crippen LogP contribution in [-0.2, 0) is 12.0 Å². The highest BCUT2D eigenvalue weighted by atomic mass is 16.5. The van der Waals surface area contributed by atoms with E-state index < -0.39 is 5.60 Å². The van der Waals surface area contributed by atoms with Crippen molar-refractivity contribution in [3.8, 4) is 5.75 Å². The van der Waals surface area contributed by atoms with Crippen molar-refractivity contribution in [2.75, 3.05) is 20.2 Å². The largest absolute Gasteiger partial charge is 0.497 e. The first-order valence-electron chi connectivity index (χ1n) is 6.65. The lowest BCUT2D eigenvalue weighted by Crippen LogP contribution is -2.37. The Bertz CT molecular complexity index is 417.